The number of carbonyl (C=O) groups is 2. The molecule has 0 spiro atoms. The number of ether oxygens (including phenoxy) is 1. The maximum Gasteiger partial charge on any atom is 0.330 e. The fourth-order valence-electron chi connectivity index (χ4n) is 3.11. The lowest BCUT2D eigenvalue weighted by molar-refractivity contribution is -0.148. The van der Waals surface area contributed by atoms with E-state index in [4.69, 9.17) is 10.5 Å². The highest BCUT2D eigenvalue weighted by atomic mass is 16.6. The number of hydrogen-bond donors (Lipinski definition) is 1. The first-order chi connectivity index (χ1) is 11.2. The zero-order valence-corrected chi connectivity index (χ0v) is 14.7. The molecular formula is C20H27NO3. The molecule has 1 fully saturated rings. The van der Waals surface area contributed by atoms with Crippen molar-refractivity contribution in [2.45, 2.75) is 58.0 Å². The standard InChI is InChI=1S/C20H27NO3/c1-20(2,3)24-18(22)13-6-14-4-7-15(8-5-14)16-9-11-17(12-10-16)19(21)23/h6,9-15H,4-5,7-8H2,1-3H3,(H2,21,23)/b13-6+/t14-,15-. The highest BCUT2D eigenvalue weighted by Gasteiger charge is 2.21. The van der Waals surface area contributed by atoms with Crippen LogP contribution in [0.5, 0.6) is 0 Å². The highest BCUT2D eigenvalue weighted by Crippen LogP contribution is 2.36. The first kappa shape index (κ1) is 18.2. The van der Waals surface area contributed by atoms with E-state index >= 15 is 0 Å². The Hall–Kier alpha value is -2.10. The number of rotatable bonds is 4. The van der Waals surface area contributed by atoms with Gasteiger partial charge >= 0.3 is 5.97 Å². The van der Waals surface area contributed by atoms with Gasteiger partial charge in [-0.1, -0.05) is 18.2 Å². The Kier molecular flexibility index (Phi) is 5.81. The molecule has 2 rings (SSSR count). The molecular weight excluding hydrogens is 302 g/mol. The molecule has 0 bridgehead atoms. The summed E-state index contributed by atoms with van der Waals surface area (Å²) in [6.45, 7) is 5.61. The van der Waals surface area contributed by atoms with Gasteiger partial charge in [-0.2, -0.15) is 0 Å². The van der Waals surface area contributed by atoms with Crippen LogP contribution in [-0.2, 0) is 9.53 Å². The Morgan fingerprint density at radius 3 is 2.17 bits per heavy atom. The molecule has 1 aliphatic carbocycles. The largest absolute Gasteiger partial charge is 0.457 e. The zero-order chi connectivity index (χ0) is 17.7. The van der Waals surface area contributed by atoms with Crippen molar-refractivity contribution < 1.29 is 14.3 Å². The van der Waals surface area contributed by atoms with Crippen molar-refractivity contribution in [3.05, 3.63) is 47.5 Å². The molecule has 0 heterocycles. The average molecular weight is 329 g/mol. The normalized spacial score (nSPS) is 21.6. The average Bonchev–Trinajstić information content (AvgIpc) is 2.52. The Morgan fingerprint density at radius 2 is 1.67 bits per heavy atom. The number of benzene rings is 1. The molecule has 2 N–H and O–H groups in total. The van der Waals surface area contributed by atoms with Gasteiger partial charge < -0.3 is 10.5 Å². The monoisotopic (exact) mass is 329 g/mol. The molecule has 0 unspecified atom stereocenters. The van der Waals surface area contributed by atoms with Crippen LogP contribution in [0.25, 0.3) is 0 Å². The van der Waals surface area contributed by atoms with Crippen LogP contribution in [0.4, 0.5) is 0 Å². The van der Waals surface area contributed by atoms with E-state index in [1.165, 1.54) is 5.56 Å². The minimum atomic E-state index is -0.448. The van der Waals surface area contributed by atoms with Crippen LogP contribution in [0.15, 0.2) is 36.4 Å². The van der Waals surface area contributed by atoms with Gasteiger partial charge in [0, 0.05) is 11.6 Å². The maximum absolute atomic E-state index is 11.7. The van der Waals surface area contributed by atoms with E-state index in [-0.39, 0.29) is 5.97 Å². The van der Waals surface area contributed by atoms with E-state index in [1.807, 2.05) is 39.0 Å². The molecule has 1 aromatic carbocycles. The molecule has 4 heteroatoms. The fraction of sp³-hybridized carbons (Fsp3) is 0.500. The molecule has 1 amide bonds. The second kappa shape index (κ2) is 7.65. The molecule has 0 atom stereocenters. The summed E-state index contributed by atoms with van der Waals surface area (Å²) < 4.78 is 5.29. The van der Waals surface area contributed by atoms with Crippen molar-refractivity contribution >= 4 is 11.9 Å². The van der Waals surface area contributed by atoms with Gasteiger partial charge in [0.15, 0.2) is 0 Å². The quantitative estimate of drug-likeness (QED) is 0.671. The summed E-state index contributed by atoms with van der Waals surface area (Å²) in [4.78, 5) is 22.8. The number of nitrogens with two attached hydrogens (primary N) is 1. The molecule has 1 saturated carbocycles. The smallest absolute Gasteiger partial charge is 0.330 e. The summed E-state index contributed by atoms with van der Waals surface area (Å²) in [6, 6.07) is 7.60. The molecule has 1 aliphatic rings. The van der Waals surface area contributed by atoms with E-state index in [1.54, 1.807) is 18.2 Å². The summed E-state index contributed by atoms with van der Waals surface area (Å²) >= 11 is 0. The van der Waals surface area contributed by atoms with Gasteiger partial charge in [-0.25, -0.2) is 4.79 Å². The van der Waals surface area contributed by atoms with E-state index in [0.717, 1.165) is 25.7 Å². The molecule has 0 radical (unpaired) electrons. The Labute approximate surface area is 144 Å². The van der Waals surface area contributed by atoms with Gasteiger partial charge in [0.25, 0.3) is 0 Å². The summed E-state index contributed by atoms with van der Waals surface area (Å²) in [7, 11) is 0. The molecule has 1 aromatic rings. The van der Waals surface area contributed by atoms with Crippen LogP contribution in [0.3, 0.4) is 0 Å². The van der Waals surface area contributed by atoms with Crippen molar-refractivity contribution in [1.82, 2.24) is 0 Å². The third-order valence-electron chi connectivity index (χ3n) is 4.35. The number of esters is 1. The van der Waals surface area contributed by atoms with Crippen molar-refractivity contribution in [3.63, 3.8) is 0 Å². The van der Waals surface area contributed by atoms with Crippen LogP contribution in [-0.4, -0.2) is 17.5 Å². The Morgan fingerprint density at radius 1 is 1.08 bits per heavy atom. The van der Waals surface area contributed by atoms with E-state index in [0.29, 0.717) is 17.4 Å². The Balaban J connectivity index is 1.85. The number of carbonyl (C=O) groups excluding carboxylic acids is 2. The van der Waals surface area contributed by atoms with Crippen molar-refractivity contribution in [2.24, 2.45) is 11.7 Å². The molecule has 0 aromatic heterocycles. The van der Waals surface area contributed by atoms with Crippen LogP contribution in [0, 0.1) is 5.92 Å². The van der Waals surface area contributed by atoms with Crippen LogP contribution >= 0.6 is 0 Å². The third-order valence-corrected chi connectivity index (χ3v) is 4.35. The maximum atomic E-state index is 11.7. The van der Waals surface area contributed by atoms with E-state index in [9.17, 15) is 9.59 Å². The molecule has 24 heavy (non-hydrogen) atoms. The lowest BCUT2D eigenvalue weighted by Gasteiger charge is -2.27. The van der Waals surface area contributed by atoms with Crippen LogP contribution in [0.2, 0.25) is 0 Å². The van der Waals surface area contributed by atoms with Gasteiger partial charge in [0.1, 0.15) is 5.60 Å². The zero-order valence-electron chi connectivity index (χ0n) is 14.7. The fourth-order valence-corrected chi connectivity index (χ4v) is 3.11. The predicted molar refractivity (Wildman–Crippen MR) is 94.6 cm³/mol. The highest BCUT2D eigenvalue weighted by molar-refractivity contribution is 5.92. The number of primary amides is 1. The van der Waals surface area contributed by atoms with E-state index in [2.05, 4.69) is 0 Å². The van der Waals surface area contributed by atoms with Crippen molar-refractivity contribution in [2.75, 3.05) is 0 Å². The van der Waals surface area contributed by atoms with Gasteiger partial charge in [0.2, 0.25) is 5.91 Å². The van der Waals surface area contributed by atoms with Crippen molar-refractivity contribution in [1.29, 1.82) is 0 Å². The van der Waals surface area contributed by atoms with Gasteiger partial charge in [-0.05, 0) is 76.0 Å². The lowest BCUT2D eigenvalue weighted by atomic mass is 9.78. The minimum absolute atomic E-state index is 0.272. The lowest BCUT2D eigenvalue weighted by Crippen LogP contribution is -2.22. The second-order valence-corrected chi connectivity index (χ2v) is 7.49. The summed E-state index contributed by atoms with van der Waals surface area (Å²) in [5.41, 5.74) is 6.63. The second-order valence-electron chi connectivity index (χ2n) is 7.49. The van der Waals surface area contributed by atoms with Crippen LogP contribution < -0.4 is 5.73 Å². The van der Waals surface area contributed by atoms with Gasteiger partial charge in [-0.3, -0.25) is 4.79 Å². The molecule has 130 valence electrons. The summed E-state index contributed by atoms with van der Waals surface area (Å²) in [5.74, 6) is 0.279. The van der Waals surface area contributed by atoms with Crippen LogP contribution in [0.1, 0.15) is 68.3 Å². The van der Waals surface area contributed by atoms with Gasteiger partial charge in [-0.15, -0.1) is 0 Å². The molecule has 0 saturated heterocycles. The molecule has 4 nitrogen and oxygen atoms in total. The number of allylic oxidation sites excluding steroid dienone is 1. The first-order valence-electron chi connectivity index (χ1n) is 8.55. The Bertz CT molecular complexity index is 603. The summed E-state index contributed by atoms with van der Waals surface area (Å²) in [6.07, 6.45) is 7.83. The van der Waals surface area contributed by atoms with E-state index < -0.39 is 11.5 Å². The first-order valence-corrected chi connectivity index (χ1v) is 8.55. The number of hydrogen-bond acceptors (Lipinski definition) is 3. The SMILES string of the molecule is CC(C)(C)OC(=O)/C=C/[C@H]1CC[C@H](c2ccc(C(N)=O)cc2)CC1. The predicted octanol–water partition coefficient (Wildman–Crippen LogP) is 3.96. The molecule has 0 aliphatic heterocycles. The van der Waals surface area contributed by atoms with Gasteiger partial charge in [0.05, 0.1) is 0 Å². The van der Waals surface area contributed by atoms with Crippen molar-refractivity contribution in [3.8, 4) is 0 Å². The minimum Gasteiger partial charge on any atom is -0.457 e. The topological polar surface area (TPSA) is 69.4 Å². The summed E-state index contributed by atoms with van der Waals surface area (Å²) in [5, 5.41) is 0. The number of amides is 1. The third kappa shape index (κ3) is 5.52.